The number of ether oxygens (including phenoxy) is 1. The van der Waals surface area contributed by atoms with Gasteiger partial charge in [-0.25, -0.2) is 4.68 Å². The van der Waals surface area contributed by atoms with Gasteiger partial charge in [-0.3, -0.25) is 0 Å². The molecule has 7 heteroatoms. The van der Waals surface area contributed by atoms with E-state index in [1.165, 1.54) is 13.3 Å². The smallest absolute Gasteiger partial charge is 0.362 e. The van der Waals surface area contributed by atoms with Crippen molar-refractivity contribution in [2.75, 3.05) is 7.11 Å². The molecule has 74 valence electrons. The number of alkyl halides is 3. The van der Waals surface area contributed by atoms with Crippen molar-refractivity contribution in [1.82, 2.24) is 9.78 Å². The van der Waals surface area contributed by atoms with Crippen LogP contribution < -0.4 is 0 Å². The second kappa shape index (κ2) is 3.67. The number of hydrogen-bond acceptors (Lipinski definition) is 2. The predicted molar refractivity (Wildman–Crippen MR) is 41.9 cm³/mol. The molecule has 0 aromatic carbocycles. The molecule has 3 nitrogen and oxygen atoms in total. The van der Waals surface area contributed by atoms with E-state index in [0.29, 0.717) is 0 Å². The summed E-state index contributed by atoms with van der Waals surface area (Å²) in [6.07, 6.45) is -3.22. The van der Waals surface area contributed by atoms with Crippen molar-refractivity contribution in [3.8, 4) is 0 Å². The Bertz CT molecular complexity index is 297. The van der Waals surface area contributed by atoms with Crippen LogP contribution in [0.4, 0.5) is 13.2 Å². The molecule has 0 bridgehead atoms. The molecule has 0 spiro atoms. The summed E-state index contributed by atoms with van der Waals surface area (Å²) in [6.45, 7) is -0.00528. The van der Waals surface area contributed by atoms with Gasteiger partial charge in [0.15, 0.2) is 5.69 Å². The van der Waals surface area contributed by atoms with E-state index in [4.69, 9.17) is 0 Å². The fraction of sp³-hybridized carbons (Fsp3) is 0.500. The quantitative estimate of drug-likeness (QED) is 0.814. The van der Waals surface area contributed by atoms with E-state index in [-0.39, 0.29) is 11.2 Å². The molecular formula is C6H6BrF3N2O. The standard InChI is InChI=1S/C6H6BrF3N2O/c1-13-3-12-2-4(7)5(11-12)6(8,9)10/h2H,3H2,1H3. The third-order valence-corrected chi connectivity index (χ3v) is 1.83. The maximum Gasteiger partial charge on any atom is 0.436 e. The Morgan fingerprint density at radius 3 is 2.62 bits per heavy atom. The van der Waals surface area contributed by atoms with E-state index in [1.54, 1.807) is 0 Å². The Kier molecular flexibility index (Phi) is 2.97. The molecule has 0 amide bonds. The monoisotopic (exact) mass is 258 g/mol. The number of aromatic nitrogens is 2. The summed E-state index contributed by atoms with van der Waals surface area (Å²) >= 11 is 2.76. The maximum atomic E-state index is 12.2. The summed E-state index contributed by atoms with van der Waals surface area (Å²) in [5.74, 6) is 0. The van der Waals surface area contributed by atoms with Crippen LogP contribution in [0.5, 0.6) is 0 Å². The SMILES string of the molecule is COCn1cc(Br)c(C(F)(F)F)n1. The van der Waals surface area contributed by atoms with E-state index < -0.39 is 11.9 Å². The number of hydrogen-bond donors (Lipinski definition) is 0. The highest BCUT2D eigenvalue weighted by atomic mass is 79.9. The summed E-state index contributed by atoms with van der Waals surface area (Å²) in [5.41, 5.74) is -0.940. The van der Waals surface area contributed by atoms with Gasteiger partial charge in [0.25, 0.3) is 0 Å². The number of nitrogens with zero attached hydrogens (tertiary/aromatic N) is 2. The molecular weight excluding hydrogens is 253 g/mol. The maximum absolute atomic E-state index is 12.2. The van der Waals surface area contributed by atoms with Gasteiger partial charge in [0, 0.05) is 13.3 Å². The molecule has 0 unspecified atom stereocenters. The van der Waals surface area contributed by atoms with E-state index >= 15 is 0 Å². The summed E-state index contributed by atoms with van der Waals surface area (Å²) in [4.78, 5) is 0. The highest BCUT2D eigenvalue weighted by molar-refractivity contribution is 9.10. The number of halogens is 4. The fourth-order valence-corrected chi connectivity index (χ4v) is 1.33. The molecule has 0 aliphatic heterocycles. The zero-order valence-corrected chi connectivity index (χ0v) is 8.18. The lowest BCUT2D eigenvalue weighted by Crippen LogP contribution is -2.09. The van der Waals surface area contributed by atoms with Crippen LogP contribution in [0.15, 0.2) is 10.7 Å². The van der Waals surface area contributed by atoms with Gasteiger partial charge in [-0.2, -0.15) is 18.3 Å². The topological polar surface area (TPSA) is 27.1 Å². The molecule has 1 aromatic heterocycles. The third-order valence-electron chi connectivity index (χ3n) is 1.25. The molecule has 0 N–H and O–H groups in total. The van der Waals surface area contributed by atoms with Crippen molar-refractivity contribution in [3.05, 3.63) is 16.4 Å². The number of rotatable bonds is 2. The third kappa shape index (κ3) is 2.44. The van der Waals surface area contributed by atoms with Crippen LogP contribution in [0.25, 0.3) is 0 Å². The Labute approximate surface area is 80.6 Å². The van der Waals surface area contributed by atoms with E-state index in [9.17, 15) is 13.2 Å². The van der Waals surface area contributed by atoms with Crippen LogP contribution in [0.1, 0.15) is 5.69 Å². The Morgan fingerprint density at radius 1 is 1.62 bits per heavy atom. The van der Waals surface area contributed by atoms with Crippen LogP contribution in [-0.2, 0) is 17.6 Å². The molecule has 1 rings (SSSR count). The Balaban J connectivity index is 2.96. The normalized spacial score (nSPS) is 12.1. The van der Waals surface area contributed by atoms with Crippen LogP contribution in [-0.4, -0.2) is 16.9 Å². The minimum atomic E-state index is -4.43. The van der Waals surface area contributed by atoms with E-state index in [1.807, 2.05) is 0 Å². The molecule has 0 atom stereocenters. The lowest BCUT2D eigenvalue weighted by atomic mass is 10.4. The summed E-state index contributed by atoms with van der Waals surface area (Å²) in [7, 11) is 1.38. The average Bonchev–Trinajstić information content (AvgIpc) is 2.30. The highest BCUT2D eigenvalue weighted by Gasteiger charge is 2.36. The van der Waals surface area contributed by atoms with Crippen molar-refractivity contribution in [2.24, 2.45) is 0 Å². The van der Waals surface area contributed by atoms with Gasteiger partial charge in [0.2, 0.25) is 0 Å². The molecule has 0 saturated heterocycles. The van der Waals surface area contributed by atoms with E-state index in [2.05, 4.69) is 25.8 Å². The van der Waals surface area contributed by atoms with Gasteiger partial charge < -0.3 is 4.74 Å². The second-order valence-electron chi connectivity index (χ2n) is 2.28. The second-order valence-corrected chi connectivity index (χ2v) is 3.13. The van der Waals surface area contributed by atoms with E-state index in [0.717, 1.165) is 4.68 Å². The first-order valence-electron chi connectivity index (χ1n) is 3.24. The van der Waals surface area contributed by atoms with Crippen LogP contribution >= 0.6 is 15.9 Å². The first-order valence-corrected chi connectivity index (χ1v) is 4.03. The minimum Gasteiger partial charge on any atom is -0.362 e. The predicted octanol–water partition coefficient (Wildman–Crippen LogP) is 2.27. The van der Waals surface area contributed by atoms with Gasteiger partial charge in [-0.05, 0) is 15.9 Å². The van der Waals surface area contributed by atoms with Crippen molar-refractivity contribution in [3.63, 3.8) is 0 Å². The molecule has 0 fully saturated rings. The first kappa shape index (κ1) is 10.5. The summed E-state index contributed by atoms with van der Waals surface area (Å²) in [5, 5.41) is 3.29. The van der Waals surface area contributed by atoms with Gasteiger partial charge >= 0.3 is 6.18 Å². The Hall–Kier alpha value is -0.560. The minimum absolute atomic E-state index is 0.00528. The van der Waals surface area contributed by atoms with Crippen molar-refractivity contribution in [1.29, 1.82) is 0 Å². The molecule has 0 saturated carbocycles. The molecule has 13 heavy (non-hydrogen) atoms. The molecule has 0 aliphatic carbocycles. The summed E-state index contributed by atoms with van der Waals surface area (Å²) in [6, 6.07) is 0. The largest absolute Gasteiger partial charge is 0.436 e. The van der Waals surface area contributed by atoms with Gasteiger partial charge in [0.1, 0.15) is 6.73 Å². The van der Waals surface area contributed by atoms with Crippen LogP contribution in [0.3, 0.4) is 0 Å². The van der Waals surface area contributed by atoms with Gasteiger partial charge in [-0.1, -0.05) is 0 Å². The lowest BCUT2D eigenvalue weighted by Gasteiger charge is -2.01. The molecule has 0 radical (unpaired) electrons. The van der Waals surface area contributed by atoms with Crippen molar-refractivity contribution in [2.45, 2.75) is 12.9 Å². The lowest BCUT2D eigenvalue weighted by molar-refractivity contribution is -0.142. The van der Waals surface area contributed by atoms with Crippen molar-refractivity contribution >= 4 is 15.9 Å². The van der Waals surface area contributed by atoms with Crippen LogP contribution in [0, 0.1) is 0 Å². The van der Waals surface area contributed by atoms with Crippen molar-refractivity contribution < 1.29 is 17.9 Å². The molecule has 1 heterocycles. The number of methoxy groups -OCH3 is 1. The zero-order valence-electron chi connectivity index (χ0n) is 6.60. The first-order chi connectivity index (χ1) is 5.95. The fourth-order valence-electron chi connectivity index (χ4n) is 0.788. The van der Waals surface area contributed by atoms with Gasteiger partial charge in [-0.15, -0.1) is 0 Å². The van der Waals surface area contributed by atoms with Crippen LogP contribution in [0.2, 0.25) is 0 Å². The summed E-state index contributed by atoms with van der Waals surface area (Å²) < 4.78 is 42.1. The molecule has 0 aliphatic rings. The Morgan fingerprint density at radius 2 is 2.23 bits per heavy atom. The molecule has 1 aromatic rings. The highest BCUT2D eigenvalue weighted by Crippen LogP contribution is 2.33. The zero-order chi connectivity index (χ0) is 10.1. The van der Waals surface area contributed by atoms with Gasteiger partial charge in [0.05, 0.1) is 4.47 Å². The average molecular weight is 259 g/mol.